The van der Waals surface area contributed by atoms with Crippen molar-refractivity contribution in [2.45, 2.75) is 51.7 Å². The Balaban J connectivity index is 1.31. The number of nitrogens with one attached hydrogen (secondary N) is 1. The van der Waals surface area contributed by atoms with Crippen LogP contribution in [0.3, 0.4) is 0 Å². The average Bonchev–Trinajstić information content (AvgIpc) is 3.37. The minimum absolute atomic E-state index is 0.00911. The summed E-state index contributed by atoms with van der Waals surface area (Å²) in [6.45, 7) is 2.83. The van der Waals surface area contributed by atoms with Gasteiger partial charge in [-0.3, -0.25) is 9.59 Å². The number of rotatable bonds is 6. The van der Waals surface area contributed by atoms with E-state index in [2.05, 4.69) is 10.3 Å². The lowest BCUT2D eigenvalue weighted by Crippen LogP contribution is -2.32. The third-order valence-electron chi connectivity index (χ3n) is 5.70. The molecule has 4 rings (SSSR count). The molecule has 1 aliphatic carbocycles. The largest absolute Gasteiger partial charge is 0.474 e. The fraction of sp³-hybridized carbons (Fsp3) is 0.435. The fourth-order valence-electron chi connectivity index (χ4n) is 3.99. The van der Waals surface area contributed by atoms with E-state index < -0.39 is 0 Å². The molecule has 1 N–H and O–H groups in total. The molecular weight excluding hydrogens is 366 g/mol. The lowest BCUT2D eigenvalue weighted by atomic mass is 10.1. The van der Waals surface area contributed by atoms with Crippen molar-refractivity contribution in [2.75, 3.05) is 11.4 Å². The summed E-state index contributed by atoms with van der Waals surface area (Å²) in [5.74, 6) is 0.179. The molecule has 2 fully saturated rings. The molecule has 0 radical (unpaired) electrons. The van der Waals surface area contributed by atoms with E-state index in [0.717, 1.165) is 29.7 Å². The van der Waals surface area contributed by atoms with Gasteiger partial charge < -0.3 is 15.0 Å². The summed E-state index contributed by atoms with van der Waals surface area (Å²) in [6, 6.07) is 11.6. The van der Waals surface area contributed by atoms with Gasteiger partial charge in [-0.2, -0.15) is 0 Å². The average molecular weight is 393 g/mol. The maximum atomic E-state index is 12.6. The molecule has 2 heterocycles. The number of benzene rings is 1. The summed E-state index contributed by atoms with van der Waals surface area (Å²) >= 11 is 0. The Kier molecular flexibility index (Phi) is 5.79. The predicted octanol–water partition coefficient (Wildman–Crippen LogP) is 3.38. The van der Waals surface area contributed by atoms with Crippen molar-refractivity contribution >= 4 is 17.5 Å². The van der Waals surface area contributed by atoms with Gasteiger partial charge in [0.2, 0.25) is 17.7 Å². The van der Waals surface area contributed by atoms with Crippen molar-refractivity contribution < 1.29 is 14.3 Å². The van der Waals surface area contributed by atoms with Crippen LogP contribution in [-0.2, 0) is 16.1 Å². The van der Waals surface area contributed by atoms with Crippen LogP contribution < -0.4 is 15.0 Å². The first-order valence-corrected chi connectivity index (χ1v) is 10.3. The number of aryl methyl sites for hydroxylation is 1. The topological polar surface area (TPSA) is 71.5 Å². The highest BCUT2D eigenvalue weighted by Gasteiger charge is 2.35. The van der Waals surface area contributed by atoms with E-state index in [1.807, 2.05) is 43.3 Å². The van der Waals surface area contributed by atoms with Gasteiger partial charge in [-0.15, -0.1) is 0 Å². The molecule has 1 unspecified atom stereocenters. The molecule has 1 saturated heterocycles. The molecule has 1 aromatic heterocycles. The highest BCUT2D eigenvalue weighted by Crippen LogP contribution is 2.26. The summed E-state index contributed by atoms with van der Waals surface area (Å²) < 4.78 is 5.93. The van der Waals surface area contributed by atoms with Gasteiger partial charge in [-0.25, -0.2) is 4.98 Å². The molecule has 2 amide bonds. The number of carbonyl (C=O) groups excluding carboxylic acids is 2. The number of ether oxygens (including phenoxy) is 1. The van der Waals surface area contributed by atoms with Crippen molar-refractivity contribution in [1.29, 1.82) is 0 Å². The highest BCUT2D eigenvalue weighted by molar-refractivity contribution is 6.00. The molecule has 2 aromatic rings. The van der Waals surface area contributed by atoms with Crippen LogP contribution in [0.15, 0.2) is 42.6 Å². The van der Waals surface area contributed by atoms with Gasteiger partial charge in [0.1, 0.15) is 6.10 Å². The Morgan fingerprint density at radius 1 is 1.21 bits per heavy atom. The first-order valence-electron chi connectivity index (χ1n) is 10.3. The number of amides is 2. The number of carbonyl (C=O) groups is 2. The molecule has 152 valence electrons. The van der Waals surface area contributed by atoms with Crippen LogP contribution in [0.1, 0.15) is 43.2 Å². The normalized spacial score (nSPS) is 19.6. The zero-order valence-corrected chi connectivity index (χ0v) is 16.8. The van der Waals surface area contributed by atoms with Crippen molar-refractivity contribution in [3.05, 3.63) is 53.7 Å². The van der Waals surface area contributed by atoms with Gasteiger partial charge in [0.15, 0.2) is 0 Å². The van der Waals surface area contributed by atoms with Crippen LogP contribution in [0.5, 0.6) is 5.88 Å². The predicted molar refractivity (Wildman–Crippen MR) is 111 cm³/mol. The minimum Gasteiger partial charge on any atom is -0.474 e. The number of hydrogen-bond donors (Lipinski definition) is 1. The van der Waals surface area contributed by atoms with Gasteiger partial charge in [-0.1, -0.05) is 17.7 Å². The Bertz CT molecular complexity index is 875. The van der Waals surface area contributed by atoms with E-state index in [1.54, 1.807) is 11.1 Å². The monoisotopic (exact) mass is 393 g/mol. The van der Waals surface area contributed by atoms with Gasteiger partial charge in [-0.05, 0) is 56.4 Å². The van der Waals surface area contributed by atoms with Gasteiger partial charge in [0, 0.05) is 37.5 Å². The second kappa shape index (κ2) is 8.64. The standard InChI is InChI=1S/C23H27N3O3/c1-16-6-8-19(9-7-16)26-15-18(13-22(26)27)23(28)25-14-17-10-11-24-21(12-17)29-20-4-2-3-5-20/h6-12,18,20H,2-5,13-15H2,1H3,(H,25,28). The van der Waals surface area contributed by atoms with Crippen molar-refractivity contribution in [1.82, 2.24) is 10.3 Å². The zero-order valence-electron chi connectivity index (χ0n) is 16.8. The number of anilines is 1. The molecule has 2 aliphatic rings. The number of nitrogens with zero attached hydrogens (tertiary/aromatic N) is 2. The van der Waals surface area contributed by atoms with Crippen LogP contribution in [-0.4, -0.2) is 29.4 Å². The quantitative estimate of drug-likeness (QED) is 0.817. The lowest BCUT2D eigenvalue weighted by molar-refractivity contribution is -0.126. The highest BCUT2D eigenvalue weighted by atomic mass is 16.5. The van der Waals surface area contributed by atoms with Gasteiger partial charge >= 0.3 is 0 Å². The first-order chi connectivity index (χ1) is 14.1. The van der Waals surface area contributed by atoms with E-state index in [4.69, 9.17) is 4.74 Å². The third kappa shape index (κ3) is 4.75. The summed E-state index contributed by atoms with van der Waals surface area (Å²) in [6.07, 6.45) is 6.78. The van der Waals surface area contributed by atoms with Crippen molar-refractivity contribution in [3.63, 3.8) is 0 Å². The Hall–Kier alpha value is -2.89. The van der Waals surface area contributed by atoms with Crippen LogP contribution in [0.25, 0.3) is 0 Å². The number of hydrogen-bond acceptors (Lipinski definition) is 4. The van der Waals surface area contributed by atoms with E-state index in [9.17, 15) is 9.59 Å². The summed E-state index contributed by atoms with van der Waals surface area (Å²) in [5.41, 5.74) is 2.93. The SMILES string of the molecule is Cc1ccc(N2CC(C(=O)NCc3ccnc(OC4CCCC4)c3)CC2=O)cc1. The van der Waals surface area contributed by atoms with Crippen LogP contribution in [0.4, 0.5) is 5.69 Å². The van der Waals surface area contributed by atoms with Crippen LogP contribution >= 0.6 is 0 Å². The number of aromatic nitrogens is 1. The Morgan fingerprint density at radius 2 is 1.97 bits per heavy atom. The molecular formula is C23H27N3O3. The van der Waals surface area contributed by atoms with Crippen LogP contribution in [0.2, 0.25) is 0 Å². The summed E-state index contributed by atoms with van der Waals surface area (Å²) in [7, 11) is 0. The van der Waals surface area contributed by atoms with Gasteiger partial charge in [0.25, 0.3) is 0 Å². The molecule has 1 atom stereocenters. The molecule has 0 spiro atoms. The minimum atomic E-state index is -0.333. The molecule has 1 aromatic carbocycles. The van der Waals surface area contributed by atoms with E-state index in [-0.39, 0.29) is 30.3 Å². The number of pyridine rings is 1. The third-order valence-corrected chi connectivity index (χ3v) is 5.70. The Labute approximate surface area is 171 Å². The molecule has 29 heavy (non-hydrogen) atoms. The molecule has 1 aliphatic heterocycles. The molecule has 0 bridgehead atoms. The molecule has 1 saturated carbocycles. The smallest absolute Gasteiger partial charge is 0.227 e. The maximum Gasteiger partial charge on any atom is 0.227 e. The fourth-order valence-corrected chi connectivity index (χ4v) is 3.99. The zero-order chi connectivity index (χ0) is 20.2. The van der Waals surface area contributed by atoms with Gasteiger partial charge in [0.05, 0.1) is 5.92 Å². The summed E-state index contributed by atoms with van der Waals surface area (Å²) in [5, 5.41) is 2.96. The second-order valence-corrected chi connectivity index (χ2v) is 7.99. The molecule has 6 heteroatoms. The Morgan fingerprint density at radius 3 is 2.72 bits per heavy atom. The van der Waals surface area contributed by atoms with Crippen LogP contribution in [0, 0.1) is 12.8 Å². The summed E-state index contributed by atoms with van der Waals surface area (Å²) in [4.78, 5) is 31.0. The lowest BCUT2D eigenvalue weighted by Gasteiger charge is -2.17. The second-order valence-electron chi connectivity index (χ2n) is 7.99. The van der Waals surface area contributed by atoms with Crippen molar-refractivity contribution in [3.8, 4) is 5.88 Å². The molecule has 6 nitrogen and oxygen atoms in total. The first kappa shape index (κ1) is 19.4. The van der Waals surface area contributed by atoms with Crippen molar-refractivity contribution in [2.24, 2.45) is 5.92 Å². The van der Waals surface area contributed by atoms with E-state index >= 15 is 0 Å². The van der Waals surface area contributed by atoms with E-state index in [1.165, 1.54) is 12.8 Å². The maximum absolute atomic E-state index is 12.6. The van der Waals surface area contributed by atoms with E-state index in [0.29, 0.717) is 19.0 Å².